The number of hydrogen-bond donors (Lipinski definition) is 5. The van der Waals surface area contributed by atoms with Gasteiger partial charge in [0, 0.05) is 60.1 Å². The summed E-state index contributed by atoms with van der Waals surface area (Å²) < 4.78 is 41.5. The van der Waals surface area contributed by atoms with Gasteiger partial charge in [0.05, 0.1) is 36.7 Å². The quantitative estimate of drug-likeness (QED) is 0.0274. The highest BCUT2D eigenvalue weighted by Gasteiger charge is 2.40. The van der Waals surface area contributed by atoms with E-state index in [9.17, 15) is 37.2 Å². The Hall–Kier alpha value is -5.07. The molecule has 0 saturated carbocycles. The van der Waals surface area contributed by atoms with Gasteiger partial charge in [-0.15, -0.1) is 37.0 Å². The van der Waals surface area contributed by atoms with Crippen LogP contribution in [0.2, 0.25) is 0 Å². The summed E-state index contributed by atoms with van der Waals surface area (Å²) >= 11 is 10.8. The van der Waals surface area contributed by atoms with Crippen LogP contribution in [0.5, 0.6) is 0 Å². The monoisotopic (exact) mass is 1160 g/mol. The van der Waals surface area contributed by atoms with Gasteiger partial charge in [-0.25, -0.2) is 19.2 Å². The number of carboxylic acids is 1. The summed E-state index contributed by atoms with van der Waals surface area (Å²) in [5.74, 6) is -2.13. The first-order valence-electron chi connectivity index (χ1n) is 25.1. The molecule has 5 N–H and O–H groups in total. The lowest BCUT2D eigenvalue weighted by molar-refractivity contribution is 0.0349. The zero-order valence-corrected chi connectivity index (χ0v) is 48.7. The average Bonchev–Trinajstić information content (AvgIpc) is 3.67. The maximum absolute atomic E-state index is 11.9. The van der Waals surface area contributed by atoms with Crippen molar-refractivity contribution < 1.29 is 60.7 Å². The first-order chi connectivity index (χ1) is 36.3. The number of carboxylic acid groups (broad SMARTS) is 1. The van der Waals surface area contributed by atoms with Gasteiger partial charge in [-0.1, -0.05) is 52.0 Å². The molecule has 0 spiro atoms. The molecule has 4 heterocycles. The molecule has 4 bridgehead atoms. The van der Waals surface area contributed by atoms with Gasteiger partial charge in [0.25, 0.3) is 10.1 Å². The number of primary amides is 2. The maximum atomic E-state index is 11.9. The van der Waals surface area contributed by atoms with Gasteiger partial charge in [-0.05, 0) is 162 Å². The maximum Gasteiger partial charge on any atom is 0.516 e. The number of thioether (sulfide) groups is 2. The molecule has 0 aromatic heterocycles. The van der Waals surface area contributed by atoms with Gasteiger partial charge in [-0.2, -0.15) is 8.42 Å². The van der Waals surface area contributed by atoms with Gasteiger partial charge in [0.1, 0.15) is 0 Å². The predicted octanol–water partition coefficient (Wildman–Crippen LogP) is 10.4. The fraction of sp³-hybridized carbons (Fsp3) is 0.455. The van der Waals surface area contributed by atoms with Crippen molar-refractivity contribution in [2.45, 2.75) is 134 Å². The number of ether oxygens (including phenoxy) is 3. The standard InChI is InChI=1S/C17H22O6S.C15H20N2OS.C9H17NO3S.C7H7NOS.C7H6O2S/c1-11(2)9-21-16(19)23-15(18)13-6-5-7-14(8-13)24-17(20)22-10-12(3)4;1-17-11-5-6-12(17)9-14(8-11)19-13-4-2-3-10(7-13)15(16)18;1-10-7-3-4-8(10)6-9(5-7)13-14(2,11)12;2*8-7(9)5-2-1-3-6(10)4-5/h5-8,11-12H,9-10H2,1-4H3;2-4,7,11-12,14H,5-6,8-9H2,1H3,(H2,16,18);7-9H,3-6H2,1-2H3;1-4,10H,(H2,8,9);1-4,10H,(H,8,9)/t;11-,12+,14?;7-,8+,9?;;. The van der Waals surface area contributed by atoms with Crippen LogP contribution in [0.1, 0.15) is 120 Å². The number of piperidine rings is 2. The summed E-state index contributed by atoms with van der Waals surface area (Å²) in [4.78, 5) is 75.1. The van der Waals surface area contributed by atoms with Gasteiger partial charge >= 0.3 is 23.4 Å². The van der Waals surface area contributed by atoms with Crippen LogP contribution in [0.25, 0.3) is 0 Å². The molecular weight excluding hydrogens is 1080 g/mol. The molecule has 8 rings (SSSR count). The number of nitrogens with two attached hydrogens (primary N) is 2. The SMILES string of the molecule is CC(C)COC(=O)OC(=O)c1cccc(SC(=O)OCC(C)C)c1.CN1[C@@H]2CC[C@H]1CC(OS(C)(=O)=O)C2.CN1[C@@H]2CC[C@H]1CC(Sc1cccc(C(N)=O)c1)C2.NC(=O)c1cccc(S)c1.O=C(O)c1cccc(S)c1. The third-order valence-corrected chi connectivity index (χ3v) is 15.8. The van der Waals surface area contributed by atoms with Crippen LogP contribution in [0, 0.1) is 11.8 Å². The van der Waals surface area contributed by atoms with Crippen molar-refractivity contribution >= 4 is 94.1 Å². The van der Waals surface area contributed by atoms with E-state index in [0.717, 1.165) is 47.8 Å². The van der Waals surface area contributed by atoms with E-state index in [0.29, 0.717) is 44.9 Å². The highest BCUT2D eigenvalue weighted by molar-refractivity contribution is 8.13. The van der Waals surface area contributed by atoms with Crippen molar-refractivity contribution in [2.24, 2.45) is 23.3 Å². The van der Waals surface area contributed by atoms with E-state index in [1.807, 2.05) is 51.6 Å². The Kier molecular flexibility index (Phi) is 26.4. The van der Waals surface area contributed by atoms with Crippen molar-refractivity contribution in [3.63, 3.8) is 0 Å². The Balaban J connectivity index is 0.000000216. The van der Waals surface area contributed by atoms with Crippen molar-refractivity contribution in [1.82, 2.24) is 9.80 Å². The Labute approximate surface area is 472 Å². The topological polar surface area (TPSA) is 252 Å². The van der Waals surface area contributed by atoms with Crippen LogP contribution in [0.3, 0.4) is 0 Å². The average molecular weight is 1160 g/mol. The lowest BCUT2D eigenvalue weighted by Crippen LogP contribution is -2.43. The van der Waals surface area contributed by atoms with Crippen molar-refractivity contribution in [3.8, 4) is 0 Å². The molecule has 2 amide bonds. The Morgan fingerprint density at radius 3 is 1.52 bits per heavy atom. The van der Waals surface area contributed by atoms with Crippen LogP contribution in [0.4, 0.5) is 9.59 Å². The zero-order chi connectivity index (χ0) is 57.0. The molecule has 22 heteroatoms. The number of hydrogen-bond acceptors (Lipinski definition) is 18. The van der Waals surface area contributed by atoms with Gasteiger partial charge in [0.2, 0.25) is 11.8 Å². The van der Waals surface area contributed by atoms with E-state index in [1.54, 1.807) is 54.6 Å². The minimum Gasteiger partial charge on any atom is -0.478 e. The van der Waals surface area contributed by atoms with Crippen molar-refractivity contribution in [2.75, 3.05) is 33.6 Å². The number of rotatable bonds is 13. The third-order valence-electron chi connectivity index (χ3n) is 12.6. The Morgan fingerprint density at radius 2 is 1.06 bits per heavy atom. The highest BCUT2D eigenvalue weighted by Crippen LogP contribution is 2.41. The van der Waals surface area contributed by atoms with Crippen molar-refractivity contribution in [3.05, 3.63) is 119 Å². The molecule has 2 unspecified atom stereocenters. The largest absolute Gasteiger partial charge is 0.516 e. The summed E-state index contributed by atoms with van der Waals surface area (Å²) in [5, 5.41) is 8.70. The van der Waals surface area contributed by atoms with E-state index in [-0.39, 0.29) is 41.6 Å². The van der Waals surface area contributed by atoms with Gasteiger partial charge in [0.15, 0.2) is 0 Å². The molecule has 4 aromatic rings. The van der Waals surface area contributed by atoms with Gasteiger partial charge < -0.3 is 40.6 Å². The Morgan fingerprint density at radius 1 is 0.636 bits per heavy atom. The summed E-state index contributed by atoms with van der Waals surface area (Å²) in [7, 11) is 1.11. The first kappa shape index (κ1) is 64.5. The van der Waals surface area contributed by atoms with E-state index < -0.39 is 39.4 Å². The molecule has 0 radical (unpaired) electrons. The van der Waals surface area contributed by atoms with Crippen LogP contribution in [0.15, 0.2) is 117 Å². The second kappa shape index (κ2) is 31.5. The summed E-state index contributed by atoms with van der Waals surface area (Å²) in [6, 6.07) is 29.7. The third kappa shape index (κ3) is 23.4. The molecular formula is C55H72N4O13S5. The van der Waals surface area contributed by atoms with E-state index in [1.165, 1.54) is 67.7 Å². The van der Waals surface area contributed by atoms with E-state index in [2.05, 4.69) is 60.0 Å². The normalized spacial score (nSPS) is 20.3. The molecule has 420 valence electrons. The molecule has 4 fully saturated rings. The molecule has 4 aliphatic rings. The summed E-state index contributed by atoms with van der Waals surface area (Å²) in [6.07, 6.45) is 9.32. The minimum atomic E-state index is -3.28. The lowest BCUT2D eigenvalue weighted by atomic mass is 10.0. The molecule has 6 atom stereocenters. The fourth-order valence-electron chi connectivity index (χ4n) is 8.80. The van der Waals surface area contributed by atoms with Gasteiger partial charge in [-0.3, -0.25) is 13.8 Å². The predicted molar refractivity (Wildman–Crippen MR) is 305 cm³/mol. The second-order valence-electron chi connectivity index (χ2n) is 19.8. The summed E-state index contributed by atoms with van der Waals surface area (Å²) in [5.41, 5.74) is 11.9. The summed E-state index contributed by atoms with van der Waals surface area (Å²) in [6.45, 7) is 8.11. The molecule has 4 aromatic carbocycles. The molecule has 4 aliphatic heterocycles. The number of benzene rings is 4. The fourth-order valence-corrected chi connectivity index (χ4v) is 11.9. The molecule has 0 aliphatic carbocycles. The smallest absolute Gasteiger partial charge is 0.478 e. The molecule has 4 saturated heterocycles. The van der Waals surface area contributed by atoms with Crippen molar-refractivity contribution in [1.29, 1.82) is 0 Å². The van der Waals surface area contributed by atoms with Crippen LogP contribution in [-0.4, -0.2) is 128 Å². The van der Waals surface area contributed by atoms with Crippen LogP contribution in [-0.2, 0) is 28.5 Å². The van der Waals surface area contributed by atoms with E-state index >= 15 is 0 Å². The number of amides is 2. The minimum absolute atomic E-state index is 0.0845. The number of thiol groups is 2. The number of aromatic carboxylic acids is 1. The molecule has 17 nitrogen and oxygen atoms in total. The Bertz CT molecular complexity index is 2660. The number of carbonyl (C=O) groups is 6. The molecule has 77 heavy (non-hydrogen) atoms. The highest BCUT2D eigenvalue weighted by atomic mass is 32.2. The number of carbonyl (C=O) groups excluding carboxylic acids is 5. The first-order valence-corrected chi connectivity index (χ1v) is 29.5. The number of fused-ring (bicyclic) bond motifs is 4. The number of nitrogens with zero attached hydrogens (tertiary/aromatic N) is 2. The van der Waals surface area contributed by atoms with E-state index in [4.69, 9.17) is 30.2 Å². The lowest BCUT2D eigenvalue weighted by Gasteiger charge is -2.36. The van der Waals surface area contributed by atoms with Crippen LogP contribution >= 0.6 is 48.8 Å². The van der Waals surface area contributed by atoms with Crippen LogP contribution < -0.4 is 11.5 Å². The second-order valence-corrected chi connectivity index (χ2v) is 24.8. The zero-order valence-electron chi connectivity index (χ0n) is 44.4. The number of esters is 1.